The summed E-state index contributed by atoms with van der Waals surface area (Å²) in [4.78, 5) is 27.6. The van der Waals surface area contributed by atoms with E-state index in [4.69, 9.17) is 18.9 Å². The Hall–Kier alpha value is -4.09. The molecule has 10 nitrogen and oxygen atoms in total. The summed E-state index contributed by atoms with van der Waals surface area (Å²) in [6, 6.07) is 15.8. The Balaban J connectivity index is 1.65. The van der Waals surface area contributed by atoms with Gasteiger partial charge < -0.3 is 23.8 Å². The number of sulfonamides is 1. The monoisotopic (exact) mass is 582 g/mol. The van der Waals surface area contributed by atoms with Crippen LogP contribution < -0.4 is 14.2 Å². The van der Waals surface area contributed by atoms with Crippen LogP contribution in [-0.2, 0) is 21.2 Å². The quantitative estimate of drug-likeness (QED) is 0.331. The average molecular weight is 583 g/mol. The molecule has 0 fully saturated rings. The van der Waals surface area contributed by atoms with Gasteiger partial charge in [0.15, 0.2) is 11.5 Å². The van der Waals surface area contributed by atoms with Crippen molar-refractivity contribution in [2.45, 2.75) is 24.3 Å². The number of esters is 1. The summed E-state index contributed by atoms with van der Waals surface area (Å²) < 4.78 is 48.3. The first-order chi connectivity index (χ1) is 19.6. The third-order valence-electron chi connectivity index (χ3n) is 6.92. The Labute approximate surface area is 240 Å². The highest BCUT2D eigenvalue weighted by Crippen LogP contribution is 2.39. The normalized spacial score (nSPS) is 14.8. The van der Waals surface area contributed by atoms with Gasteiger partial charge in [0, 0.05) is 26.2 Å². The number of ether oxygens (including phenoxy) is 4. The van der Waals surface area contributed by atoms with Crippen molar-refractivity contribution in [2.24, 2.45) is 0 Å². The molecule has 0 radical (unpaired) electrons. The van der Waals surface area contributed by atoms with Gasteiger partial charge in [-0.05, 0) is 85.1 Å². The van der Waals surface area contributed by atoms with E-state index >= 15 is 0 Å². The molecule has 0 aliphatic carbocycles. The second-order valence-electron chi connectivity index (χ2n) is 9.54. The van der Waals surface area contributed by atoms with Gasteiger partial charge in [0.2, 0.25) is 10.0 Å². The molecule has 3 aromatic rings. The van der Waals surface area contributed by atoms with Crippen LogP contribution >= 0.6 is 0 Å². The van der Waals surface area contributed by atoms with Gasteiger partial charge in [-0.1, -0.05) is 0 Å². The first-order valence-electron chi connectivity index (χ1n) is 13.1. The van der Waals surface area contributed by atoms with Crippen molar-refractivity contribution in [2.75, 3.05) is 48.1 Å². The van der Waals surface area contributed by atoms with Gasteiger partial charge in [-0.15, -0.1) is 0 Å². The number of fused-ring (bicyclic) bond motifs is 1. The topological polar surface area (TPSA) is 112 Å². The molecule has 1 aliphatic heterocycles. The first-order valence-corrected chi connectivity index (χ1v) is 14.5. The molecule has 1 unspecified atom stereocenters. The summed E-state index contributed by atoms with van der Waals surface area (Å²) in [5.41, 5.74) is 2.63. The number of amides is 1. The number of methoxy groups -OCH3 is 2. The van der Waals surface area contributed by atoms with E-state index < -0.39 is 22.0 Å². The summed E-state index contributed by atoms with van der Waals surface area (Å²) in [7, 11) is 2.41. The van der Waals surface area contributed by atoms with Crippen molar-refractivity contribution in [1.29, 1.82) is 0 Å². The highest BCUT2D eigenvalue weighted by Gasteiger charge is 2.33. The van der Waals surface area contributed by atoms with Crippen LogP contribution in [0.4, 0.5) is 0 Å². The van der Waals surface area contributed by atoms with Crippen LogP contribution in [0.2, 0.25) is 0 Å². The maximum Gasteiger partial charge on any atom is 0.338 e. The van der Waals surface area contributed by atoms with Gasteiger partial charge in [0.05, 0.1) is 37.3 Å². The van der Waals surface area contributed by atoms with Gasteiger partial charge in [0.1, 0.15) is 12.4 Å². The molecule has 0 aromatic heterocycles. The molecule has 0 bridgehead atoms. The number of hydrogen-bond donors (Lipinski definition) is 0. The van der Waals surface area contributed by atoms with Crippen LogP contribution in [0.5, 0.6) is 17.2 Å². The third kappa shape index (κ3) is 6.31. The SMILES string of the molecule is CCOC(=O)c1ccc(OCC2c3cc(OC)c(OC)cc3CCN2C(=O)c2ccc(S(=O)(=O)N(C)C)cc2)cc1. The zero-order chi connectivity index (χ0) is 29.7. The largest absolute Gasteiger partial charge is 0.493 e. The Morgan fingerprint density at radius 3 is 2.12 bits per heavy atom. The van der Waals surface area contributed by atoms with Crippen molar-refractivity contribution in [3.63, 3.8) is 0 Å². The average Bonchev–Trinajstić information content (AvgIpc) is 2.99. The predicted molar refractivity (Wildman–Crippen MR) is 152 cm³/mol. The molecule has 41 heavy (non-hydrogen) atoms. The Morgan fingerprint density at radius 2 is 1.54 bits per heavy atom. The maximum absolute atomic E-state index is 13.8. The number of benzene rings is 3. The van der Waals surface area contributed by atoms with Crippen molar-refractivity contribution in [3.05, 3.63) is 82.9 Å². The lowest BCUT2D eigenvalue weighted by atomic mass is 9.91. The van der Waals surface area contributed by atoms with E-state index in [0.717, 1.165) is 15.4 Å². The number of carbonyl (C=O) groups excluding carboxylic acids is 2. The Bertz CT molecular complexity index is 1500. The minimum Gasteiger partial charge on any atom is -0.493 e. The standard InChI is InChI=1S/C30H34N2O8S/c1-6-39-30(34)21-7-11-23(12-8-21)40-19-26-25-18-28(38-5)27(37-4)17-22(25)15-16-32(26)29(33)20-9-13-24(14-10-20)41(35,36)31(2)3/h7-14,17-18,26H,6,15-16,19H2,1-5H3. The van der Waals surface area contributed by atoms with Gasteiger partial charge in [-0.25, -0.2) is 17.5 Å². The molecule has 1 amide bonds. The second kappa shape index (κ2) is 12.6. The molecule has 0 saturated heterocycles. The minimum absolute atomic E-state index is 0.103. The maximum atomic E-state index is 13.8. The van der Waals surface area contributed by atoms with Crippen molar-refractivity contribution in [3.8, 4) is 17.2 Å². The van der Waals surface area contributed by atoms with Crippen molar-refractivity contribution < 1.29 is 37.0 Å². The summed E-state index contributed by atoms with van der Waals surface area (Å²) >= 11 is 0. The van der Waals surface area contributed by atoms with E-state index in [2.05, 4.69) is 0 Å². The zero-order valence-corrected chi connectivity index (χ0v) is 24.6. The number of carbonyl (C=O) groups is 2. The lowest BCUT2D eigenvalue weighted by Gasteiger charge is -2.37. The fourth-order valence-corrected chi connectivity index (χ4v) is 5.58. The molecular formula is C30H34N2O8S. The van der Waals surface area contributed by atoms with Crippen molar-refractivity contribution in [1.82, 2.24) is 9.21 Å². The highest BCUT2D eigenvalue weighted by atomic mass is 32.2. The number of nitrogens with zero attached hydrogens (tertiary/aromatic N) is 2. The van der Waals surface area contributed by atoms with Gasteiger partial charge in [-0.2, -0.15) is 0 Å². The Morgan fingerprint density at radius 1 is 0.927 bits per heavy atom. The van der Waals surface area contributed by atoms with Crippen LogP contribution in [0.15, 0.2) is 65.6 Å². The fraction of sp³-hybridized carbons (Fsp3) is 0.333. The molecular weight excluding hydrogens is 548 g/mol. The minimum atomic E-state index is -3.63. The van der Waals surface area contributed by atoms with Crippen LogP contribution in [-0.4, -0.2) is 77.6 Å². The van der Waals surface area contributed by atoms with E-state index in [0.29, 0.717) is 41.3 Å². The van der Waals surface area contributed by atoms with E-state index in [1.54, 1.807) is 50.3 Å². The molecule has 1 aliphatic rings. The fourth-order valence-electron chi connectivity index (χ4n) is 4.67. The van der Waals surface area contributed by atoms with E-state index in [-0.39, 0.29) is 24.0 Å². The summed E-state index contributed by atoms with van der Waals surface area (Å²) in [5.74, 6) is 0.977. The second-order valence-corrected chi connectivity index (χ2v) is 11.7. The van der Waals surface area contributed by atoms with Crippen molar-refractivity contribution >= 4 is 21.9 Å². The first kappa shape index (κ1) is 29.9. The lowest BCUT2D eigenvalue weighted by Crippen LogP contribution is -2.42. The smallest absolute Gasteiger partial charge is 0.338 e. The van der Waals surface area contributed by atoms with E-state index in [1.165, 1.54) is 38.4 Å². The summed E-state index contributed by atoms with van der Waals surface area (Å²) in [5, 5.41) is 0. The van der Waals surface area contributed by atoms with Crippen LogP contribution in [0.25, 0.3) is 0 Å². The lowest BCUT2D eigenvalue weighted by molar-refractivity contribution is 0.0524. The van der Waals surface area contributed by atoms with Crippen LogP contribution in [0, 0.1) is 0 Å². The van der Waals surface area contributed by atoms with Crippen LogP contribution in [0.3, 0.4) is 0 Å². The number of hydrogen-bond acceptors (Lipinski definition) is 8. The van der Waals surface area contributed by atoms with E-state index in [1.807, 2.05) is 12.1 Å². The molecule has 0 spiro atoms. The molecule has 1 heterocycles. The third-order valence-corrected chi connectivity index (χ3v) is 8.75. The molecule has 3 aromatic carbocycles. The van der Waals surface area contributed by atoms with Gasteiger partial charge in [0.25, 0.3) is 5.91 Å². The molecule has 1 atom stereocenters. The zero-order valence-electron chi connectivity index (χ0n) is 23.7. The van der Waals surface area contributed by atoms with Crippen LogP contribution in [0.1, 0.15) is 44.8 Å². The molecule has 218 valence electrons. The highest BCUT2D eigenvalue weighted by molar-refractivity contribution is 7.89. The predicted octanol–water partition coefficient (Wildman–Crippen LogP) is 3.95. The van der Waals surface area contributed by atoms with Gasteiger partial charge >= 0.3 is 5.97 Å². The number of rotatable bonds is 10. The van der Waals surface area contributed by atoms with E-state index in [9.17, 15) is 18.0 Å². The summed E-state index contributed by atoms with van der Waals surface area (Å²) in [6.07, 6.45) is 0.583. The molecule has 4 rings (SSSR count). The molecule has 0 N–H and O–H groups in total. The Kier molecular flexibility index (Phi) is 9.19. The molecule has 11 heteroatoms. The van der Waals surface area contributed by atoms with Gasteiger partial charge in [-0.3, -0.25) is 4.79 Å². The summed E-state index contributed by atoms with van der Waals surface area (Å²) in [6.45, 7) is 2.56. The molecule has 0 saturated carbocycles.